The number of hydrogen-bond acceptors (Lipinski definition) is 9. The van der Waals surface area contributed by atoms with Crippen LogP contribution in [-0.2, 0) is 20.9 Å². The number of hydrogen-bond donors (Lipinski definition) is 2. The van der Waals surface area contributed by atoms with Gasteiger partial charge in [0.25, 0.3) is 11.5 Å². The topological polar surface area (TPSA) is 146 Å². The monoisotopic (exact) mass is 465 g/mol. The van der Waals surface area contributed by atoms with Gasteiger partial charge >= 0.3 is 5.97 Å². The van der Waals surface area contributed by atoms with Crippen molar-refractivity contribution >= 4 is 40.4 Å². The number of ether oxygens (including phenoxy) is 2. The predicted octanol–water partition coefficient (Wildman–Crippen LogP) is -0.0441. The van der Waals surface area contributed by atoms with Crippen LogP contribution in [0.4, 0.5) is 5.69 Å². The van der Waals surface area contributed by atoms with Crippen LogP contribution in [0.1, 0.15) is 6.92 Å². The van der Waals surface area contributed by atoms with E-state index in [0.29, 0.717) is 18.0 Å². The molecule has 1 heterocycles. The Morgan fingerprint density at radius 3 is 2.76 bits per heavy atom. The summed E-state index contributed by atoms with van der Waals surface area (Å²) in [5, 5.41) is 23.0. The fraction of sp³-hybridized carbons (Fsp3) is 0.227. The average Bonchev–Trinajstić information content (AvgIpc) is 3.13. The van der Waals surface area contributed by atoms with Crippen LogP contribution in [0.25, 0.3) is 11.5 Å². The molecular formula is C22H19N5O5S. The van der Waals surface area contributed by atoms with E-state index >= 15 is 0 Å². The maximum Gasteiger partial charge on any atom is 0.343 e. The van der Waals surface area contributed by atoms with Crippen LogP contribution in [0.3, 0.4) is 0 Å². The number of rotatable bonds is 8. The molecule has 0 radical (unpaired) electrons. The van der Waals surface area contributed by atoms with Gasteiger partial charge < -0.3 is 20.1 Å². The van der Waals surface area contributed by atoms with Gasteiger partial charge in [-0.1, -0.05) is 28.9 Å². The lowest BCUT2D eigenvalue weighted by Crippen LogP contribution is -2.30. The fourth-order valence-corrected chi connectivity index (χ4v) is 3.38. The molecule has 1 amide bonds. The van der Waals surface area contributed by atoms with E-state index in [1.165, 1.54) is 17.9 Å². The Hall–Kier alpha value is -4.53. The first-order valence-corrected chi connectivity index (χ1v) is 10.3. The molecule has 2 rings (SSSR count). The third-order valence-electron chi connectivity index (χ3n) is 3.96. The van der Waals surface area contributed by atoms with Crippen LogP contribution >= 0.6 is 11.3 Å². The molecule has 0 bridgehead atoms. The van der Waals surface area contributed by atoms with Gasteiger partial charge in [-0.3, -0.25) is 14.2 Å². The zero-order valence-electron chi connectivity index (χ0n) is 17.8. The molecule has 0 aliphatic heterocycles. The number of aromatic nitrogens is 1. The third kappa shape index (κ3) is 7.00. The summed E-state index contributed by atoms with van der Waals surface area (Å²) in [6.07, 6.45) is 1.44. The van der Waals surface area contributed by atoms with Crippen molar-refractivity contribution in [3.05, 3.63) is 55.6 Å². The van der Waals surface area contributed by atoms with Crippen molar-refractivity contribution in [2.24, 2.45) is 0 Å². The summed E-state index contributed by atoms with van der Waals surface area (Å²) in [6.45, 7) is 1.57. The van der Waals surface area contributed by atoms with E-state index in [-0.39, 0.29) is 33.5 Å². The average molecular weight is 465 g/mol. The number of anilines is 1. The maximum atomic E-state index is 12.6. The smallest absolute Gasteiger partial charge is 0.343 e. The van der Waals surface area contributed by atoms with E-state index < -0.39 is 11.9 Å². The number of nitriles is 2. The van der Waals surface area contributed by atoms with E-state index in [9.17, 15) is 19.6 Å². The number of esters is 1. The second kappa shape index (κ2) is 12.4. The first-order valence-electron chi connectivity index (χ1n) is 9.50. The summed E-state index contributed by atoms with van der Waals surface area (Å²) >= 11 is 1.01. The highest BCUT2D eigenvalue weighted by atomic mass is 32.1. The Morgan fingerprint density at radius 1 is 1.30 bits per heavy atom. The molecule has 0 aliphatic carbocycles. The van der Waals surface area contributed by atoms with Gasteiger partial charge in [0.2, 0.25) is 0 Å². The molecule has 0 saturated carbocycles. The molecule has 1 aromatic carbocycles. The molecule has 33 heavy (non-hydrogen) atoms. The maximum absolute atomic E-state index is 12.6. The lowest BCUT2D eigenvalue weighted by atomic mass is 10.3. The summed E-state index contributed by atoms with van der Waals surface area (Å²) < 4.78 is 11.7. The first kappa shape index (κ1) is 24.7. The Kier molecular flexibility index (Phi) is 9.26. The minimum absolute atomic E-state index is 0.223. The molecule has 2 N–H and O–H groups in total. The summed E-state index contributed by atoms with van der Waals surface area (Å²) in [5.41, 5.74) is 5.43. The molecule has 0 aliphatic rings. The summed E-state index contributed by atoms with van der Waals surface area (Å²) in [7, 11) is 1.27. The van der Waals surface area contributed by atoms with Crippen LogP contribution in [0.5, 0.6) is 5.75 Å². The lowest BCUT2D eigenvalue weighted by molar-refractivity contribution is -0.142. The van der Waals surface area contributed by atoms with Crippen LogP contribution in [0.2, 0.25) is 0 Å². The minimum atomic E-state index is -0.750. The molecule has 0 spiro atoms. The van der Waals surface area contributed by atoms with E-state index in [1.807, 2.05) is 0 Å². The Morgan fingerprint density at radius 2 is 2.09 bits per heavy atom. The van der Waals surface area contributed by atoms with E-state index in [4.69, 9.17) is 10.00 Å². The van der Waals surface area contributed by atoms with E-state index in [0.717, 1.165) is 11.3 Å². The quantitative estimate of drug-likeness (QED) is 0.239. The normalized spacial score (nSPS) is 9.33. The van der Waals surface area contributed by atoms with Gasteiger partial charge in [0.1, 0.15) is 27.6 Å². The van der Waals surface area contributed by atoms with Crippen LogP contribution in [-0.4, -0.2) is 36.7 Å². The fourth-order valence-electron chi connectivity index (χ4n) is 2.39. The number of benzene rings is 1. The van der Waals surface area contributed by atoms with Crippen molar-refractivity contribution in [3.63, 3.8) is 0 Å². The van der Waals surface area contributed by atoms with Crippen LogP contribution in [0.15, 0.2) is 40.8 Å². The standard InChI is InChI=1S/C22H19N5O5S/c1-3-27-19(11-15(13-24)21(29)26-10-8-23)33-18(22(27)30)7-9-25-16-5-4-6-17(12-16)32-14-20(28)31-2/h4-6,9,12,25H,3,10,14H2,1-2H3,(H,26,29). The van der Waals surface area contributed by atoms with Crippen molar-refractivity contribution in [1.82, 2.24) is 9.88 Å². The molecule has 2 aromatic rings. The highest BCUT2D eigenvalue weighted by Crippen LogP contribution is 2.17. The number of amides is 1. The molecule has 0 saturated heterocycles. The van der Waals surface area contributed by atoms with Crippen LogP contribution < -0.4 is 30.1 Å². The summed E-state index contributed by atoms with van der Waals surface area (Å²) in [4.78, 5) is 35.8. The van der Waals surface area contributed by atoms with Crippen molar-refractivity contribution in [3.8, 4) is 17.9 Å². The van der Waals surface area contributed by atoms with Gasteiger partial charge in [-0.15, -0.1) is 0 Å². The second-order valence-electron chi connectivity index (χ2n) is 6.06. The van der Waals surface area contributed by atoms with Crippen LogP contribution in [0, 0.1) is 22.7 Å². The van der Waals surface area contributed by atoms with E-state index in [1.54, 1.807) is 43.3 Å². The lowest BCUT2D eigenvalue weighted by Gasteiger charge is -2.06. The summed E-state index contributed by atoms with van der Waals surface area (Å²) in [6, 6.07) is 10.3. The number of methoxy groups -OCH3 is 1. The Bertz CT molecular complexity index is 1380. The third-order valence-corrected chi connectivity index (χ3v) is 4.97. The first-order chi connectivity index (χ1) is 15.9. The zero-order valence-corrected chi connectivity index (χ0v) is 18.6. The number of nitrogens with zero attached hydrogens (tertiary/aromatic N) is 3. The molecule has 11 heteroatoms. The second-order valence-corrected chi connectivity index (χ2v) is 7.06. The van der Waals surface area contributed by atoms with Gasteiger partial charge in [0.15, 0.2) is 12.2 Å². The Balaban J connectivity index is 2.39. The molecule has 1 aromatic heterocycles. The van der Waals surface area contributed by atoms with Gasteiger partial charge in [0, 0.05) is 24.5 Å². The molecule has 0 fully saturated rings. The van der Waals surface area contributed by atoms with Gasteiger partial charge in [-0.25, -0.2) is 4.79 Å². The summed E-state index contributed by atoms with van der Waals surface area (Å²) in [5.74, 6) is -0.807. The van der Waals surface area contributed by atoms with E-state index in [2.05, 4.69) is 26.8 Å². The van der Waals surface area contributed by atoms with Crippen molar-refractivity contribution in [2.45, 2.75) is 13.5 Å². The highest BCUT2D eigenvalue weighted by molar-refractivity contribution is 7.07. The zero-order chi connectivity index (χ0) is 24.2. The number of thiazole rings is 1. The minimum Gasteiger partial charge on any atom is -0.482 e. The van der Waals surface area contributed by atoms with Crippen molar-refractivity contribution in [2.75, 3.05) is 25.6 Å². The SMILES string of the molecule is CCn1c(=C=C(C#N)C(=O)NCC#N)sc(=C=CNc2cccc(OCC(=O)OC)c2)c1=O. The Labute approximate surface area is 192 Å². The molecule has 10 nitrogen and oxygen atoms in total. The molecular weight excluding hydrogens is 446 g/mol. The highest BCUT2D eigenvalue weighted by Gasteiger charge is 2.08. The largest absolute Gasteiger partial charge is 0.482 e. The molecule has 0 unspecified atom stereocenters. The van der Waals surface area contributed by atoms with Gasteiger partial charge in [-0.05, 0) is 19.1 Å². The number of carbonyl (C=O) groups excluding carboxylic acids is 2. The van der Waals surface area contributed by atoms with Gasteiger partial charge in [-0.2, -0.15) is 10.5 Å². The number of carbonyl (C=O) groups is 2. The molecule has 168 valence electrons. The van der Waals surface area contributed by atoms with Gasteiger partial charge in [0.05, 0.1) is 13.2 Å². The van der Waals surface area contributed by atoms with Crippen molar-refractivity contribution < 1.29 is 19.1 Å². The van der Waals surface area contributed by atoms with Crippen molar-refractivity contribution in [1.29, 1.82) is 10.5 Å². The molecule has 0 atom stereocenters. The number of nitrogens with one attached hydrogen (secondary N) is 2. The predicted molar refractivity (Wildman–Crippen MR) is 120 cm³/mol.